The third-order valence-electron chi connectivity index (χ3n) is 10.3. The normalized spacial score (nSPS) is 11.8. The maximum absolute atomic E-state index is 2.42. The van der Waals surface area contributed by atoms with E-state index in [1.807, 2.05) is 34.0 Å². The molecule has 0 saturated heterocycles. The molecule has 0 aliphatic heterocycles. The van der Waals surface area contributed by atoms with E-state index in [0.717, 1.165) is 11.4 Å². The highest BCUT2D eigenvalue weighted by atomic mass is 32.1. The number of hydrogen-bond donors (Lipinski definition) is 0. The van der Waals surface area contributed by atoms with Gasteiger partial charge in [-0.2, -0.15) is 0 Å². The molecule has 52 heavy (non-hydrogen) atoms. The Morgan fingerprint density at radius 1 is 0.327 bits per heavy atom. The summed E-state index contributed by atoms with van der Waals surface area (Å²) in [4.78, 5) is 2.39. The summed E-state index contributed by atoms with van der Waals surface area (Å²) in [7, 11) is 0. The zero-order valence-corrected chi connectivity index (χ0v) is 30.4. The fourth-order valence-corrected chi connectivity index (χ4v) is 11.7. The summed E-state index contributed by atoms with van der Waals surface area (Å²) in [5.74, 6) is 0. The molecular weight excluding hydrogens is 687 g/mol. The standard InChI is InChI=1S/C48H29NS3/c1-3-13-31(14-4-1)49(32-15-5-2-6-16-32)41-24-11-23-40-45-33(18-12-26-43(45)51-48(40)41)30-27-28-35-37-20-10-22-39(47(37)52-44(35)29-30)38-21-9-19-36-34-17-7-8-25-42(34)50-46(36)38/h1-29H. The highest BCUT2D eigenvalue weighted by Gasteiger charge is 2.20. The predicted molar refractivity (Wildman–Crippen MR) is 231 cm³/mol. The molecule has 0 radical (unpaired) electrons. The lowest BCUT2D eigenvalue weighted by molar-refractivity contribution is 1.30. The van der Waals surface area contributed by atoms with Crippen molar-refractivity contribution < 1.29 is 0 Å². The van der Waals surface area contributed by atoms with Crippen LogP contribution >= 0.6 is 34.0 Å². The SMILES string of the molecule is c1ccc(N(c2ccccc2)c2cccc3c2sc2cccc(-c4ccc5c(c4)sc4c(-c6cccc7c6sc6ccccc67)cccc45)c23)cc1. The lowest BCUT2D eigenvalue weighted by Gasteiger charge is -2.26. The summed E-state index contributed by atoms with van der Waals surface area (Å²) >= 11 is 5.71. The average Bonchev–Trinajstić information content (AvgIpc) is 3.90. The molecule has 0 spiro atoms. The number of anilines is 3. The van der Waals surface area contributed by atoms with Crippen LogP contribution in [0.25, 0.3) is 82.8 Å². The Bertz CT molecular complexity index is 3090. The minimum absolute atomic E-state index is 1.15. The molecule has 0 aliphatic rings. The molecule has 4 heteroatoms. The van der Waals surface area contributed by atoms with E-state index >= 15 is 0 Å². The molecular formula is C48H29NS3. The van der Waals surface area contributed by atoms with Gasteiger partial charge in [-0.25, -0.2) is 0 Å². The van der Waals surface area contributed by atoms with E-state index in [-0.39, 0.29) is 0 Å². The van der Waals surface area contributed by atoms with Gasteiger partial charge in [-0.1, -0.05) is 127 Å². The molecule has 0 amide bonds. The molecule has 11 aromatic rings. The van der Waals surface area contributed by atoms with Gasteiger partial charge in [-0.15, -0.1) is 34.0 Å². The Balaban J connectivity index is 1.08. The molecule has 244 valence electrons. The van der Waals surface area contributed by atoms with E-state index < -0.39 is 0 Å². The number of benzene rings is 8. The third-order valence-corrected chi connectivity index (χ3v) is 13.9. The lowest BCUT2D eigenvalue weighted by Crippen LogP contribution is -2.09. The molecule has 3 aromatic heterocycles. The van der Waals surface area contributed by atoms with E-state index in [9.17, 15) is 0 Å². The molecule has 3 heterocycles. The highest BCUT2D eigenvalue weighted by Crippen LogP contribution is 2.49. The van der Waals surface area contributed by atoms with Crippen molar-refractivity contribution in [2.75, 3.05) is 4.90 Å². The average molecular weight is 716 g/mol. The van der Waals surface area contributed by atoms with Crippen molar-refractivity contribution in [3.05, 3.63) is 176 Å². The number of fused-ring (bicyclic) bond motifs is 9. The first-order valence-corrected chi connectivity index (χ1v) is 20.0. The van der Waals surface area contributed by atoms with Crippen molar-refractivity contribution in [3.8, 4) is 22.3 Å². The lowest BCUT2D eigenvalue weighted by atomic mass is 9.97. The summed E-state index contributed by atoms with van der Waals surface area (Å²) in [5.41, 5.74) is 8.67. The summed E-state index contributed by atoms with van der Waals surface area (Å²) in [5, 5.41) is 7.94. The summed E-state index contributed by atoms with van der Waals surface area (Å²) < 4.78 is 7.97. The Hall–Kier alpha value is -5.78. The van der Waals surface area contributed by atoms with Crippen LogP contribution in [0.3, 0.4) is 0 Å². The van der Waals surface area contributed by atoms with Crippen molar-refractivity contribution in [2.24, 2.45) is 0 Å². The first-order valence-electron chi connectivity index (χ1n) is 17.5. The monoisotopic (exact) mass is 715 g/mol. The van der Waals surface area contributed by atoms with Gasteiger partial charge in [-0.05, 0) is 59.7 Å². The third kappa shape index (κ3) is 4.59. The molecule has 0 unspecified atom stereocenters. The molecule has 0 N–H and O–H groups in total. The van der Waals surface area contributed by atoms with Crippen LogP contribution < -0.4 is 4.90 Å². The van der Waals surface area contributed by atoms with Gasteiger partial charge >= 0.3 is 0 Å². The van der Waals surface area contributed by atoms with Gasteiger partial charge in [0, 0.05) is 78.3 Å². The van der Waals surface area contributed by atoms with Crippen molar-refractivity contribution in [3.63, 3.8) is 0 Å². The zero-order valence-electron chi connectivity index (χ0n) is 27.9. The molecule has 0 fully saturated rings. The summed E-state index contributed by atoms with van der Waals surface area (Å²) in [6.07, 6.45) is 0. The van der Waals surface area contributed by atoms with Crippen LogP contribution in [0.1, 0.15) is 0 Å². The van der Waals surface area contributed by atoms with Gasteiger partial charge < -0.3 is 4.90 Å². The van der Waals surface area contributed by atoms with E-state index in [2.05, 4.69) is 181 Å². The van der Waals surface area contributed by atoms with Crippen molar-refractivity contribution in [1.82, 2.24) is 0 Å². The van der Waals surface area contributed by atoms with Gasteiger partial charge in [0.05, 0.1) is 10.4 Å². The topological polar surface area (TPSA) is 3.24 Å². The largest absolute Gasteiger partial charge is 0.309 e. The zero-order chi connectivity index (χ0) is 34.2. The second kappa shape index (κ2) is 11.9. The quantitative estimate of drug-likeness (QED) is 0.171. The molecule has 1 nitrogen and oxygen atoms in total. The van der Waals surface area contributed by atoms with Crippen LogP contribution in [0.5, 0.6) is 0 Å². The number of para-hydroxylation sites is 2. The smallest absolute Gasteiger partial charge is 0.0640 e. The van der Waals surface area contributed by atoms with E-state index in [4.69, 9.17) is 0 Å². The van der Waals surface area contributed by atoms with Crippen molar-refractivity contribution in [1.29, 1.82) is 0 Å². The van der Waals surface area contributed by atoms with Crippen molar-refractivity contribution in [2.45, 2.75) is 0 Å². The Morgan fingerprint density at radius 2 is 0.846 bits per heavy atom. The van der Waals surface area contributed by atoms with Gasteiger partial charge in [0.15, 0.2) is 0 Å². The molecule has 8 aromatic carbocycles. The van der Waals surface area contributed by atoms with Crippen LogP contribution in [-0.2, 0) is 0 Å². The predicted octanol–water partition coefficient (Wildman–Crippen LogP) is 15.6. The fraction of sp³-hybridized carbons (Fsp3) is 0. The first kappa shape index (κ1) is 29.9. The van der Waals surface area contributed by atoms with Crippen LogP contribution in [0.4, 0.5) is 17.1 Å². The Kier molecular flexibility index (Phi) is 6.84. The summed E-state index contributed by atoms with van der Waals surface area (Å²) in [6.45, 7) is 0. The molecule has 0 bridgehead atoms. The van der Waals surface area contributed by atoms with E-state index in [1.54, 1.807) is 0 Å². The number of hydrogen-bond acceptors (Lipinski definition) is 4. The van der Waals surface area contributed by atoms with Gasteiger partial charge in [0.25, 0.3) is 0 Å². The molecule has 11 rings (SSSR count). The van der Waals surface area contributed by atoms with Gasteiger partial charge in [0.2, 0.25) is 0 Å². The van der Waals surface area contributed by atoms with Crippen LogP contribution in [-0.4, -0.2) is 0 Å². The Labute approximate surface area is 312 Å². The molecule has 0 atom stereocenters. The minimum Gasteiger partial charge on any atom is -0.309 e. The van der Waals surface area contributed by atoms with Crippen LogP contribution in [0.2, 0.25) is 0 Å². The number of rotatable bonds is 5. The van der Waals surface area contributed by atoms with Gasteiger partial charge in [-0.3, -0.25) is 0 Å². The first-order chi connectivity index (χ1) is 25.8. The molecule has 0 aliphatic carbocycles. The number of nitrogens with zero attached hydrogens (tertiary/aromatic N) is 1. The molecule has 0 saturated carbocycles. The maximum Gasteiger partial charge on any atom is 0.0640 e. The van der Waals surface area contributed by atoms with Crippen molar-refractivity contribution >= 4 is 112 Å². The van der Waals surface area contributed by atoms with Crippen LogP contribution in [0, 0.1) is 0 Å². The second-order valence-corrected chi connectivity index (χ2v) is 16.4. The number of thiophene rings is 3. The summed E-state index contributed by atoms with van der Waals surface area (Å²) in [6, 6.07) is 64.5. The van der Waals surface area contributed by atoms with E-state index in [0.29, 0.717) is 0 Å². The van der Waals surface area contributed by atoms with Gasteiger partial charge in [0.1, 0.15) is 0 Å². The van der Waals surface area contributed by atoms with Crippen LogP contribution in [0.15, 0.2) is 176 Å². The highest BCUT2D eigenvalue weighted by molar-refractivity contribution is 7.27. The maximum atomic E-state index is 2.42. The minimum atomic E-state index is 1.15. The van der Waals surface area contributed by atoms with E-state index in [1.165, 1.54) is 88.5 Å². The Morgan fingerprint density at radius 3 is 1.58 bits per heavy atom. The fourth-order valence-electron chi connectivity index (χ4n) is 7.97. The second-order valence-electron chi connectivity index (χ2n) is 13.2.